The lowest BCUT2D eigenvalue weighted by molar-refractivity contribution is 0.269. The highest BCUT2D eigenvalue weighted by atomic mass is 35.5. The molecule has 0 aromatic carbocycles. The van der Waals surface area contributed by atoms with Crippen molar-refractivity contribution < 1.29 is 0 Å². The maximum Gasteiger partial charge on any atom is 0.0969 e. The molecule has 1 spiro atoms. The average Bonchev–Trinajstić information content (AvgIpc) is 3.24. The fourth-order valence-corrected chi connectivity index (χ4v) is 3.95. The Morgan fingerprint density at radius 2 is 2.09 bits per heavy atom. The first-order valence-electron chi connectivity index (χ1n) is 8.10. The molecule has 5 nitrogen and oxygen atoms in total. The standard InChI is InChI=1S/C17H23N5.ClH/c1-21-10-15(16(20-21)14-2-6-18-7-3-14)11-22-9-5-17(13-22)4-8-19-12-17;/h2-3,6-7,10,19H,4-5,8-9,11-13H2,1H3;1H. The summed E-state index contributed by atoms with van der Waals surface area (Å²) in [6, 6.07) is 4.08. The summed E-state index contributed by atoms with van der Waals surface area (Å²) in [4.78, 5) is 6.70. The predicted octanol–water partition coefficient (Wildman–Crippen LogP) is 2.09. The molecule has 2 aliphatic heterocycles. The maximum absolute atomic E-state index is 4.66. The lowest BCUT2D eigenvalue weighted by Crippen LogP contribution is -2.29. The Kier molecular flexibility index (Phi) is 4.71. The minimum absolute atomic E-state index is 0. The average molecular weight is 334 g/mol. The van der Waals surface area contributed by atoms with Crippen LogP contribution in [0, 0.1) is 5.41 Å². The normalized spacial score (nSPS) is 24.2. The van der Waals surface area contributed by atoms with Crippen molar-refractivity contribution in [2.45, 2.75) is 19.4 Å². The van der Waals surface area contributed by atoms with Crippen molar-refractivity contribution in [2.75, 3.05) is 26.2 Å². The molecule has 1 unspecified atom stereocenters. The van der Waals surface area contributed by atoms with Crippen LogP contribution in [0.1, 0.15) is 18.4 Å². The molecule has 0 amide bonds. The summed E-state index contributed by atoms with van der Waals surface area (Å²) in [6.07, 6.45) is 8.48. The smallest absolute Gasteiger partial charge is 0.0969 e. The molecular formula is C17H24ClN5. The Labute approximate surface area is 143 Å². The molecule has 2 aliphatic rings. The minimum Gasteiger partial charge on any atom is -0.316 e. The Morgan fingerprint density at radius 1 is 1.26 bits per heavy atom. The van der Waals surface area contributed by atoms with Crippen molar-refractivity contribution in [3.63, 3.8) is 0 Å². The van der Waals surface area contributed by atoms with Crippen LogP contribution in [0.4, 0.5) is 0 Å². The predicted molar refractivity (Wildman–Crippen MR) is 93.5 cm³/mol. The molecule has 1 atom stereocenters. The Balaban J connectivity index is 0.00000156. The number of hydrogen-bond acceptors (Lipinski definition) is 4. The zero-order chi connectivity index (χ0) is 15.0. The quantitative estimate of drug-likeness (QED) is 0.934. The summed E-state index contributed by atoms with van der Waals surface area (Å²) in [6.45, 7) is 5.78. The van der Waals surface area contributed by atoms with Crippen LogP contribution in [-0.4, -0.2) is 45.8 Å². The van der Waals surface area contributed by atoms with E-state index >= 15 is 0 Å². The lowest BCUT2D eigenvalue weighted by atomic mass is 9.86. The summed E-state index contributed by atoms with van der Waals surface area (Å²) >= 11 is 0. The van der Waals surface area contributed by atoms with Crippen molar-refractivity contribution in [3.8, 4) is 11.3 Å². The Morgan fingerprint density at radius 3 is 2.83 bits per heavy atom. The van der Waals surface area contributed by atoms with Crippen LogP contribution in [0.2, 0.25) is 0 Å². The Bertz CT molecular complexity index is 648. The SMILES string of the molecule is Cl.Cn1cc(CN2CCC3(CCNC3)C2)c(-c2ccncc2)n1. The molecule has 0 radical (unpaired) electrons. The molecule has 1 N–H and O–H groups in total. The molecule has 2 fully saturated rings. The van der Waals surface area contributed by atoms with Crippen molar-refractivity contribution >= 4 is 12.4 Å². The molecule has 0 aliphatic carbocycles. The van der Waals surface area contributed by atoms with Crippen molar-refractivity contribution in [3.05, 3.63) is 36.3 Å². The summed E-state index contributed by atoms with van der Waals surface area (Å²) in [5.74, 6) is 0. The van der Waals surface area contributed by atoms with Gasteiger partial charge in [-0.25, -0.2) is 0 Å². The summed E-state index contributed by atoms with van der Waals surface area (Å²) in [5.41, 5.74) is 4.09. The largest absolute Gasteiger partial charge is 0.316 e. The van der Waals surface area contributed by atoms with Gasteiger partial charge in [-0.15, -0.1) is 12.4 Å². The van der Waals surface area contributed by atoms with Gasteiger partial charge in [0.1, 0.15) is 0 Å². The molecule has 6 heteroatoms. The van der Waals surface area contributed by atoms with E-state index in [0.29, 0.717) is 5.41 Å². The van der Waals surface area contributed by atoms with E-state index in [1.54, 1.807) is 0 Å². The first-order valence-corrected chi connectivity index (χ1v) is 8.10. The fourth-order valence-electron chi connectivity index (χ4n) is 3.95. The second kappa shape index (κ2) is 6.59. The number of pyridine rings is 1. The highest BCUT2D eigenvalue weighted by Gasteiger charge is 2.40. The van der Waals surface area contributed by atoms with E-state index in [9.17, 15) is 0 Å². The number of aromatic nitrogens is 3. The molecular weight excluding hydrogens is 310 g/mol. The minimum atomic E-state index is 0. The maximum atomic E-state index is 4.66. The van der Waals surface area contributed by atoms with E-state index in [2.05, 4.69) is 26.5 Å². The number of halogens is 1. The van der Waals surface area contributed by atoms with Gasteiger partial charge < -0.3 is 5.32 Å². The zero-order valence-corrected chi connectivity index (χ0v) is 14.4. The van der Waals surface area contributed by atoms with Gasteiger partial charge in [0.2, 0.25) is 0 Å². The second-order valence-corrected chi connectivity index (χ2v) is 6.80. The van der Waals surface area contributed by atoms with E-state index in [1.807, 2.05) is 36.3 Å². The van der Waals surface area contributed by atoms with Crippen LogP contribution >= 0.6 is 12.4 Å². The third kappa shape index (κ3) is 3.27. The molecule has 2 saturated heterocycles. The monoisotopic (exact) mass is 333 g/mol. The summed E-state index contributed by atoms with van der Waals surface area (Å²) in [7, 11) is 2.00. The van der Waals surface area contributed by atoms with Gasteiger partial charge in [-0.3, -0.25) is 14.6 Å². The molecule has 4 heterocycles. The first-order chi connectivity index (χ1) is 10.7. The van der Waals surface area contributed by atoms with Gasteiger partial charge in [-0.2, -0.15) is 5.10 Å². The number of nitrogens with zero attached hydrogens (tertiary/aromatic N) is 4. The van der Waals surface area contributed by atoms with Gasteiger partial charge in [0.25, 0.3) is 0 Å². The number of rotatable bonds is 3. The van der Waals surface area contributed by atoms with Crippen LogP contribution < -0.4 is 5.32 Å². The van der Waals surface area contributed by atoms with E-state index in [1.165, 1.54) is 44.6 Å². The fraction of sp³-hybridized carbons (Fsp3) is 0.529. The molecule has 4 rings (SSSR count). The van der Waals surface area contributed by atoms with E-state index < -0.39 is 0 Å². The van der Waals surface area contributed by atoms with Crippen LogP contribution in [0.25, 0.3) is 11.3 Å². The number of nitrogens with one attached hydrogen (secondary N) is 1. The van der Waals surface area contributed by atoms with Crippen LogP contribution in [0.3, 0.4) is 0 Å². The van der Waals surface area contributed by atoms with Crippen molar-refractivity contribution in [1.29, 1.82) is 0 Å². The van der Waals surface area contributed by atoms with Gasteiger partial charge in [-0.1, -0.05) is 0 Å². The molecule has 2 aromatic heterocycles. The highest BCUT2D eigenvalue weighted by Crippen LogP contribution is 2.37. The van der Waals surface area contributed by atoms with Gasteiger partial charge in [-0.05, 0) is 43.5 Å². The van der Waals surface area contributed by atoms with Gasteiger partial charge in [0.05, 0.1) is 5.69 Å². The van der Waals surface area contributed by atoms with E-state index in [4.69, 9.17) is 0 Å². The Hall–Kier alpha value is -1.43. The van der Waals surface area contributed by atoms with E-state index in [-0.39, 0.29) is 12.4 Å². The summed E-state index contributed by atoms with van der Waals surface area (Å²) < 4.78 is 1.92. The first kappa shape index (κ1) is 16.4. The third-order valence-electron chi connectivity index (χ3n) is 5.10. The van der Waals surface area contributed by atoms with Crippen molar-refractivity contribution in [1.82, 2.24) is 25.0 Å². The van der Waals surface area contributed by atoms with Gasteiger partial charge >= 0.3 is 0 Å². The van der Waals surface area contributed by atoms with E-state index in [0.717, 1.165) is 17.8 Å². The topological polar surface area (TPSA) is 46.0 Å². The molecule has 23 heavy (non-hydrogen) atoms. The van der Waals surface area contributed by atoms with Crippen LogP contribution in [-0.2, 0) is 13.6 Å². The number of likely N-dealkylation sites (tertiary alicyclic amines) is 1. The lowest BCUT2D eigenvalue weighted by Gasteiger charge is -2.22. The van der Waals surface area contributed by atoms with Gasteiger partial charge in [0.15, 0.2) is 0 Å². The molecule has 0 saturated carbocycles. The number of aryl methyl sites for hydroxylation is 1. The van der Waals surface area contributed by atoms with Crippen LogP contribution in [0.5, 0.6) is 0 Å². The van der Waals surface area contributed by atoms with Gasteiger partial charge in [0, 0.05) is 56.4 Å². The molecule has 0 bridgehead atoms. The highest BCUT2D eigenvalue weighted by molar-refractivity contribution is 5.85. The van der Waals surface area contributed by atoms with Crippen LogP contribution in [0.15, 0.2) is 30.7 Å². The zero-order valence-electron chi connectivity index (χ0n) is 13.5. The third-order valence-corrected chi connectivity index (χ3v) is 5.10. The number of hydrogen-bond donors (Lipinski definition) is 1. The summed E-state index contributed by atoms with van der Waals surface area (Å²) in [5, 5.41) is 8.19. The van der Waals surface area contributed by atoms with Crippen molar-refractivity contribution in [2.24, 2.45) is 12.5 Å². The second-order valence-electron chi connectivity index (χ2n) is 6.80. The molecule has 124 valence electrons. The molecule has 2 aromatic rings.